The predicted molar refractivity (Wildman–Crippen MR) is 99.7 cm³/mol. The highest BCUT2D eigenvalue weighted by molar-refractivity contribution is 8.00. The first-order chi connectivity index (χ1) is 10.9. The van der Waals surface area contributed by atoms with Gasteiger partial charge >= 0.3 is 0 Å². The maximum absolute atomic E-state index is 12.2. The number of hydrogen-bond acceptors (Lipinski definition) is 2. The lowest BCUT2D eigenvalue weighted by Crippen LogP contribution is -2.42. The van der Waals surface area contributed by atoms with Crippen LogP contribution in [0.4, 0.5) is 0 Å². The lowest BCUT2D eigenvalue weighted by Gasteiger charge is -2.25. The van der Waals surface area contributed by atoms with E-state index in [4.69, 9.17) is 46.4 Å². The number of carbonyl (C=O) groups excluding carboxylic acids is 1. The summed E-state index contributed by atoms with van der Waals surface area (Å²) in [5.41, 5.74) is 0.885. The van der Waals surface area contributed by atoms with E-state index in [1.54, 1.807) is 12.1 Å². The zero-order chi connectivity index (χ0) is 16.9. The summed E-state index contributed by atoms with van der Waals surface area (Å²) in [6.07, 6.45) is 0.209. The average molecular weight is 409 g/mol. The molecular weight excluding hydrogens is 396 g/mol. The fourth-order valence-corrected chi connectivity index (χ4v) is 3.57. The van der Waals surface area contributed by atoms with Gasteiger partial charge in [0.25, 0.3) is 0 Å². The van der Waals surface area contributed by atoms with Gasteiger partial charge in [-0.05, 0) is 17.7 Å². The van der Waals surface area contributed by atoms with Gasteiger partial charge in [0.15, 0.2) is 0 Å². The molecule has 0 heterocycles. The Hall–Kier alpha value is -0.580. The second-order valence-electron chi connectivity index (χ2n) is 4.70. The minimum atomic E-state index is -1.67. The van der Waals surface area contributed by atoms with E-state index in [-0.39, 0.29) is 12.3 Å². The molecule has 122 valence electrons. The average Bonchev–Trinajstić information content (AvgIpc) is 2.48. The van der Waals surface area contributed by atoms with E-state index in [1.807, 2.05) is 42.5 Å². The number of carbonyl (C=O) groups is 1. The van der Waals surface area contributed by atoms with Crippen molar-refractivity contribution in [1.29, 1.82) is 0 Å². The van der Waals surface area contributed by atoms with Crippen molar-refractivity contribution in [3.8, 4) is 0 Å². The molecule has 23 heavy (non-hydrogen) atoms. The number of benzene rings is 2. The first-order valence-electron chi connectivity index (χ1n) is 6.67. The second-order valence-corrected chi connectivity index (χ2v) is 8.62. The summed E-state index contributed by atoms with van der Waals surface area (Å²) >= 11 is 25.3. The first-order valence-corrected chi connectivity index (χ1v) is 9.06. The monoisotopic (exact) mass is 407 g/mol. The molecule has 2 nitrogen and oxygen atoms in total. The number of hydrogen-bond donors (Lipinski definition) is 1. The third-order valence-corrected chi connectivity index (χ3v) is 5.68. The van der Waals surface area contributed by atoms with Crippen LogP contribution in [0.25, 0.3) is 0 Å². The summed E-state index contributed by atoms with van der Waals surface area (Å²) < 4.78 is -1.67. The van der Waals surface area contributed by atoms with Gasteiger partial charge in [0.1, 0.15) is 5.37 Å². The molecule has 2 rings (SSSR count). The number of thioether (sulfide) groups is 1. The van der Waals surface area contributed by atoms with Gasteiger partial charge in [0.05, 0.1) is 11.4 Å². The summed E-state index contributed by atoms with van der Waals surface area (Å²) in [6.45, 7) is 0. The van der Waals surface area contributed by atoms with Gasteiger partial charge < -0.3 is 5.32 Å². The number of rotatable bonds is 5. The summed E-state index contributed by atoms with van der Waals surface area (Å²) in [4.78, 5) is 12.9. The van der Waals surface area contributed by atoms with Crippen molar-refractivity contribution in [2.45, 2.75) is 20.5 Å². The quantitative estimate of drug-likeness (QED) is 0.402. The maximum Gasteiger partial charge on any atom is 0.225 e. The van der Waals surface area contributed by atoms with Crippen LogP contribution in [0, 0.1) is 0 Å². The molecule has 1 amide bonds. The number of nitrogens with one attached hydrogen (secondary N) is 1. The second kappa shape index (κ2) is 8.50. The van der Waals surface area contributed by atoms with E-state index in [2.05, 4.69) is 5.32 Å². The molecule has 0 fully saturated rings. The van der Waals surface area contributed by atoms with Crippen LogP contribution in [-0.2, 0) is 11.2 Å². The van der Waals surface area contributed by atoms with Crippen LogP contribution in [0.3, 0.4) is 0 Å². The number of alkyl halides is 3. The van der Waals surface area contributed by atoms with Gasteiger partial charge in [-0.3, -0.25) is 4.79 Å². The molecule has 0 aliphatic heterocycles. The minimum absolute atomic E-state index is 0.209. The van der Waals surface area contributed by atoms with Crippen molar-refractivity contribution in [3.63, 3.8) is 0 Å². The smallest absolute Gasteiger partial charge is 0.225 e. The summed E-state index contributed by atoms with van der Waals surface area (Å²) in [6, 6.07) is 16.5. The minimum Gasteiger partial charge on any atom is -0.340 e. The van der Waals surface area contributed by atoms with E-state index in [0.29, 0.717) is 5.02 Å². The van der Waals surface area contributed by atoms with Gasteiger partial charge in [-0.2, -0.15) is 0 Å². The molecule has 0 radical (unpaired) electrons. The Bertz CT molecular complexity index is 661. The molecule has 7 heteroatoms. The van der Waals surface area contributed by atoms with E-state index in [0.717, 1.165) is 10.5 Å². The Balaban J connectivity index is 2.07. The Morgan fingerprint density at radius 1 is 1.04 bits per heavy atom. The van der Waals surface area contributed by atoms with Crippen molar-refractivity contribution in [3.05, 3.63) is 65.2 Å². The van der Waals surface area contributed by atoms with E-state index >= 15 is 0 Å². The molecular formula is C16H13Cl4NOS. The van der Waals surface area contributed by atoms with Crippen molar-refractivity contribution >= 4 is 64.1 Å². The highest BCUT2D eigenvalue weighted by atomic mass is 35.6. The molecule has 0 aromatic heterocycles. The molecule has 1 unspecified atom stereocenters. The predicted octanol–water partition coefficient (Wildman–Crippen LogP) is 5.49. The largest absolute Gasteiger partial charge is 0.340 e. The highest BCUT2D eigenvalue weighted by Crippen LogP contribution is 2.41. The molecule has 1 N–H and O–H groups in total. The number of halogens is 4. The Kier molecular flexibility index (Phi) is 6.93. The summed E-state index contributed by atoms with van der Waals surface area (Å²) in [7, 11) is 0. The van der Waals surface area contributed by atoms with Gasteiger partial charge in [0, 0.05) is 4.90 Å². The van der Waals surface area contributed by atoms with Crippen LogP contribution in [0.5, 0.6) is 0 Å². The van der Waals surface area contributed by atoms with Gasteiger partial charge in [-0.1, -0.05) is 101 Å². The van der Waals surface area contributed by atoms with E-state index in [9.17, 15) is 4.79 Å². The molecule has 2 aromatic rings. The maximum atomic E-state index is 12.2. The molecule has 0 spiro atoms. The van der Waals surface area contributed by atoms with Crippen LogP contribution >= 0.6 is 58.2 Å². The summed E-state index contributed by atoms with van der Waals surface area (Å²) in [5.74, 6) is -0.230. The lowest BCUT2D eigenvalue weighted by atomic mass is 10.1. The summed E-state index contributed by atoms with van der Waals surface area (Å²) in [5, 5.41) is 2.53. The normalized spacial score (nSPS) is 12.7. The standard InChI is InChI=1S/C16H13Cl4NOS/c17-12-8-4-5-9-13(12)23-15(16(18,19)20)21-14(22)10-11-6-2-1-3-7-11/h1-9,15H,10H2,(H,21,22). The van der Waals surface area contributed by atoms with Gasteiger partial charge in [0.2, 0.25) is 9.70 Å². The van der Waals surface area contributed by atoms with Crippen molar-refractivity contribution in [2.24, 2.45) is 0 Å². The van der Waals surface area contributed by atoms with Gasteiger partial charge in [-0.25, -0.2) is 0 Å². The van der Waals surface area contributed by atoms with Gasteiger partial charge in [-0.15, -0.1) is 0 Å². The van der Waals surface area contributed by atoms with Crippen LogP contribution in [-0.4, -0.2) is 15.1 Å². The Morgan fingerprint density at radius 2 is 1.65 bits per heavy atom. The molecule has 0 aliphatic carbocycles. The number of amides is 1. The molecule has 0 saturated carbocycles. The third kappa shape index (κ3) is 6.09. The molecule has 0 aliphatic rings. The zero-order valence-electron chi connectivity index (χ0n) is 11.8. The topological polar surface area (TPSA) is 29.1 Å². The molecule has 2 aromatic carbocycles. The third-order valence-electron chi connectivity index (χ3n) is 2.88. The van der Waals surface area contributed by atoms with Crippen LogP contribution in [0.15, 0.2) is 59.5 Å². The molecule has 0 saturated heterocycles. The zero-order valence-corrected chi connectivity index (χ0v) is 15.6. The van der Waals surface area contributed by atoms with Crippen molar-refractivity contribution in [2.75, 3.05) is 0 Å². The fourth-order valence-electron chi connectivity index (χ4n) is 1.82. The SMILES string of the molecule is O=C(Cc1ccccc1)NC(Sc1ccccc1Cl)C(Cl)(Cl)Cl. The fraction of sp³-hybridized carbons (Fsp3) is 0.188. The van der Waals surface area contributed by atoms with Crippen LogP contribution in [0.1, 0.15) is 5.56 Å². The molecule has 1 atom stereocenters. The van der Waals surface area contributed by atoms with Crippen molar-refractivity contribution in [1.82, 2.24) is 5.32 Å². The lowest BCUT2D eigenvalue weighted by molar-refractivity contribution is -0.120. The Morgan fingerprint density at radius 3 is 2.26 bits per heavy atom. The first kappa shape index (κ1) is 18.8. The highest BCUT2D eigenvalue weighted by Gasteiger charge is 2.35. The van der Waals surface area contributed by atoms with Crippen molar-refractivity contribution < 1.29 is 4.79 Å². The molecule has 0 bridgehead atoms. The van der Waals surface area contributed by atoms with Crippen LogP contribution in [0.2, 0.25) is 5.02 Å². The van der Waals surface area contributed by atoms with E-state index in [1.165, 1.54) is 11.8 Å². The Labute approximate surface area is 159 Å². The van der Waals surface area contributed by atoms with E-state index < -0.39 is 9.17 Å². The van der Waals surface area contributed by atoms with Crippen LogP contribution < -0.4 is 5.32 Å².